The summed E-state index contributed by atoms with van der Waals surface area (Å²) in [5.41, 5.74) is 0.327. The van der Waals surface area contributed by atoms with E-state index in [-0.39, 0.29) is 5.91 Å². The normalized spacial score (nSPS) is 15.4. The monoisotopic (exact) mass is 496 g/mol. The first-order valence-electron chi connectivity index (χ1n) is 9.67. The van der Waals surface area contributed by atoms with E-state index >= 15 is 0 Å². The molecule has 11 heteroatoms. The van der Waals surface area contributed by atoms with Gasteiger partial charge < -0.3 is 4.90 Å². The predicted octanol–water partition coefficient (Wildman–Crippen LogP) is 3.32. The van der Waals surface area contributed by atoms with Gasteiger partial charge in [-0.3, -0.25) is 14.4 Å². The predicted molar refractivity (Wildman–Crippen MR) is 110 cm³/mol. The summed E-state index contributed by atoms with van der Waals surface area (Å²) in [6.07, 6.45) is 0.867. The van der Waals surface area contributed by atoms with Gasteiger partial charge in [-0.05, 0) is 33.6 Å². The van der Waals surface area contributed by atoms with E-state index in [9.17, 15) is 18.0 Å². The third kappa shape index (κ3) is 5.34. The van der Waals surface area contributed by atoms with Crippen molar-refractivity contribution in [1.82, 2.24) is 29.4 Å². The van der Waals surface area contributed by atoms with Crippen molar-refractivity contribution in [2.45, 2.75) is 19.4 Å². The molecule has 0 radical (unpaired) electrons. The zero-order valence-corrected chi connectivity index (χ0v) is 18.1. The first-order chi connectivity index (χ1) is 14.8. The fourth-order valence-electron chi connectivity index (χ4n) is 3.49. The summed E-state index contributed by atoms with van der Waals surface area (Å²) < 4.78 is 42.9. The van der Waals surface area contributed by atoms with Crippen LogP contribution in [0.5, 0.6) is 0 Å². The number of alkyl halides is 3. The van der Waals surface area contributed by atoms with Gasteiger partial charge in [-0.15, -0.1) is 0 Å². The van der Waals surface area contributed by atoms with Gasteiger partial charge in [-0.25, -0.2) is 4.68 Å². The van der Waals surface area contributed by atoms with Crippen LogP contribution in [0.2, 0.25) is 0 Å². The topological polar surface area (TPSA) is 59.2 Å². The molecule has 1 amide bonds. The number of amides is 1. The number of piperazine rings is 1. The van der Waals surface area contributed by atoms with E-state index < -0.39 is 11.7 Å². The average molecular weight is 497 g/mol. The Morgan fingerprint density at radius 3 is 2.55 bits per heavy atom. The molecule has 0 bridgehead atoms. The van der Waals surface area contributed by atoms with Gasteiger partial charge in [0.2, 0.25) is 0 Å². The quantitative estimate of drug-likeness (QED) is 0.543. The minimum Gasteiger partial charge on any atom is -0.335 e. The Kier molecular flexibility index (Phi) is 6.15. The molecule has 1 fully saturated rings. The van der Waals surface area contributed by atoms with Crippen LogP contribution >= 0.6 is 15.9 Å². The summed E-state index contributed by atoms with van der Waals surface area (Å²) in [6, 6.07) is 7.05. The summed E-state index contributed by atoms with van der Waals surface area (Å²) >= 11 is 3.34. The van der Waals surface area contributed by atoms with E-state index in [2.05, 4.69) is 26.1 Å². The molecule has 2 aromatic heterocycles. The molecule has 3 aromatic rings. The Hall–Kier alpha value is -2.66. The van der Waals surface area contributed by atoms with Crippen molar-refractivity contribution in [3.63, 3.8) is 0 Å². The Morgan fingerprint density at radius 2 is 1.87 bits per heavy atom. The number of hydrogen-bond acceptors (Lipinski definition) is 4. The number of hydrogen-bond donors (Lipinski definition) is 0. The van der Waals surface area contributed by atoms with Crippen molar-refractivity contribution < 1.29 is 18.0 Å². The van der Waals surface area contributed by atoms with Gasteiger partial charge in [0.25, 0.3) is 5.91 Å². The summed E-state index contributed by atoms with van der Waals surface area (Å²) in [4.78, 5) is 16.5. The zero-order valence-electron chi connectivity index (χ0n) is 16.5. The minimum absolute atomic E-state index is 0.154. The Balaban J connectivity index is 1.31. The van der Waals surface area contributed by atoms with E-state index in [1.165, 1.54) is 12.1 Å². The van der Waals surface area contributed by atoms with Crippen LogP contribution in [0.3, 0.4) is 0 Å². The van der Waals surface area contributed by atoms with Gasteiger partial charge in [-0.1, -0.05) is 18.2 Å². The molecule has 0 N–H and O–H groups in total. The molecule has 31 heavy (non-hydrogen) atoms. The summed E-state index contributed by atoms with van der Waals surface area (Å²) in [6.45, 7) is 2.98. The Bertz CT molecular complexity index is 1060. The van der Waals surface area contributed by atoms with E-state index in [0.29, 0.717) is 50.6 Å². The third-order valence-electron chi connectivity index (χ3n) is 5.07. The van der Waals surface area contributed by atoms with Crippen LogP contribution in [-0.2, 0) is 19.4 Å². The van der Waals surface area contributed by atoms with E-state index in [1.54, 1.807) is 38.8 Å². The molecule has 1 aliphatic heterocycles. The van der Waals surface area contributed by atoms with Crippen LogP contribution in [0.1, 0.15) is 21.6 Å². The second-order valence-corrected chi connectivity index (χ2v) is 8.26. The number of aromatic nitrogens is 4. The van der Waals surface area contributed by atoms with E-state index in [1.807, 2.05) is 11.1 Å². The fourth-order valence-corrected chi connectivity index (χ4v) is 3.82. The maximum Gasteiger partial charge on any atom is 0.416 e. The largest absolute Gasteiger partial charge is 0.416 e. The first-order valence-corrected chi connectivity index (χ1v) is 10.5. The molecule has 4 rings (SSSR count). The van der Waals surface area contributed by atoms with Crippen molar-refractivity contribution in [3.8, 4) is 0 Å². The van der Waals surface area contributed by atoms with Crippen molar-refractivity contribution >= 4 is 21.8 Å². The lowest BCUT2D eigenvalue weighted by atomic mass is 10.1. The molecule has 0 saturated carbocycles. The van der Waals surface area contributed by atoms with Crippen LogP contribution in [0.4, 0.5) is 13.2 Å². The highest BCUT2D eigenvalue weighted by atomic mass is 79.9. The summed E-state index contributed by atoms with van der Waals surface area (Å²) in [5.74, 6) is -0.154. The number of carbonyl (C=O) groups is 1. The smallest absolute Gasteiger partial charge is 0.335 e. The van der Waals surface area contributed by atoms with Gasteiger partial charge >= 0.3 is 6.18 Å². The lowest BCUT2D eigenvalue weighted by Crippen LogP contribution is -2.48. The van der Waals surface area contributed by atoms with Crippen LogP contribution in [0.25, 0.3) is 0 Å². The molecule has 1 saturated heterocycles. The van der Waals surface area contributed by atoms with Crippen LogP contribution in [0.15, 0.2) is 53.4 Å². The highest BCUT2D eigenvalue weighted by molar-refractivity contribution is 9.10. The minimum atomic E-state index is -4.35. The molecule has 1 aromatic carbocycles. The maximum atomic E-state index is 12.9. The lowest BCUT2D eigenvalue weighted by Gasteiger charge is -2.34. The standard InChI is InChI=1S/C20H20BrF3N6O/c21-17-11-25-30(13-17)14-29-5-4-18(26-29)19(31)28-8-6-27(7-9-28)12-15-2-1-3-16(10-15)20(22,23)24/h1-5,10-11,13H,6-9,12,14H2. The molecule has 164 valence electrons. The second kappa shape index (κ2) is 8.83. The molecule has 7 nitrogen and oxygen atoms in total. The Morgan fingerprint density at radius 1 is 1.10 bits per heavy atom. The van der Waals surface area contributed by atoms with Gasteiger partial charge in [0.1, 0.15) is 12.4 Å². The van der Waals surface area contributed by atoms with E-state index in [0.717, 1.165) is 10.5 Å². The highest BCUT2D eigenvalue weighted by Crippen LogP contribution is 2.29. The molecule has 1 aliphatic rings. The van der Waals surface area contributed by atoms with Gasteiger partial charge in [-0.2, -0.15) is 23.4 Å². The summed E-state index contributed by atoms with van der Waals surface area (Å²) in [7, 11) is 0. The number of halogens is 4. The highest BCUT2D eigenvalue weighted by Gasteiger charge is 2.30. The third-order valence-corrected chi connectivity index (χ3v) is 5.48. The number of nitrogens with zero attached hydrogens (tertiary/aromatic N) is 6. The SMILES string of the molecule is O=C(c1ccn(Cn2cc(Br)cn2)n1)N1CCN(Cc2cccc(C(F)(F)F)c2)CC1. The molecule has 0 unspecified atom stereocenters. The molecule has 0 spiro atoms. The average Bonchev–Trinajstić information content (AvgIpc) is 3.37. The molecular weight excluding hydrogens is 477 g/mol. The first kappa shape index (κ1) is 21.6. The fraction of sp³-hybridized carbons (Fsp3) is 0.350. The van der Waals surface area contributed by atoms with Crippen LogP contribution in [0, 0.1) is 0 Å². The van der Waals surface area contributed by atoms with Gasteiger partial charge in [0, 0.05) is 45.1 Å². The molecule has 0 aliphatic carbocycles. The van der Waals surface area contributed by atoms with Crippen LogP contribution < -0.4 is 0 Å². The van der Waals surface area contributed by atoms with Crippen LogP contribution in [-0.4, -0.2) is 61.4 Å². The maximum absolute atomic E-state index is 12.9. The number of carbonyl (C=O) groups excluding carboxylic acids is 1. The number of benzene rings is 1. The van der Waals surface area contributed by atoms with Crippen molar-refractivity contribution in [2.75, 3.05) is 26.2 Å². The number of rotatable bonds is 5. The van der Waals surface area contributed by atoms with Crippen molar-refractivity contribution in [1.29, 1.82) is 0 Å². The second-order valence-electron chi connectivity index (χ2n) is 7.35. The summed E-state index contributed by atoms with van der Waals surface area (Å²) in [5, 5.41) is 8.50. The Labute approximate surface area is 185 Å². The molecular formula is C20H20BrF3N6O. The molecule has 3 heterocycles. The van der Waals surface area contributed by atoms with Crippen molar-refractivity contribution in [3.05, 3.63) is 70.2 Å². The zero-order chi connectivity index (χ0) is 22.0. The van der Waals surface area contributed by atoms with Gasteiger partial charge in [0.15, 0.2) is 0 Å². The molecule has 0 atom stereocenters. The lowest BCUT2D eigenvalue weighted by molar-refractivity contribution is -0.137. The van der Waals surface area contributed by atoms with E-state index in [4.69, 9.17) is 0 Å². The van der Waals surface area contributed by atoms with Crippen molar-refractivity contribution in [2.24, 2.45) is 0 Å². The van der Waals surface area contributed by atoms with Gasteiger partial charge in [0.05, 0.1) is 16.2 Å².